The fourth-order valence-corrected chi connectivity index (χ4v) is 8.58. The van der Waals surface area contributed by atoms with E-state index in [0.29, 0.717) is 27.2 Å². The zero-order valence-electron chi connectivity index (χ0n) is 18.9. The Labute approximate surface area is 209 Å². The molecule has 2 bridgehead atoms. The van der Waals surface area contributed by atoms with Gasteiger partial charge in [-0.1, -0.05) is 23.5 Å². The van der Waals surface area contributed by atoms with Crippen molar-refractivity contribution < 1.29 is 26.0 Å². The molecule has 190 valence electrons. The normalized spacial score (nSPS) is 27.3. The van der Waals surface area contributed by atoms with Gasteiger partial charge in [0.15, 0.2) is 0 Å². The molecule has 2 aromatic carbocycles. The van der Waals surface area contributed by atoms with E-state index >= 15 is 0 Å². The third kappa shape index (κ3) is 4.13. The first kappa shape index (κ1) is 24.0. The summed E-state index contributed by atoms with van der Waals surface area (Å²) in [6, 6.07) is 12.0. The average Bonchev–Trinajstić information content (AvgIpc) is 3.43. The second-order valence-electron chi connectivity index (χ2n) is 9.81. The van der Waals surface area contributed by atoms with Crippen LogP contribution in [0.15, 0.2) is 42.5 Å². The first-order chi connectivity index (χ1) is 17.0. The summed E-state index contributed by atoms with van der Waals surface area (Å²) in [5, 5.41) is 9.93. The predicted molar refractivity (Wildman–Crippen MR) is 127 cm³/mol. The largest absolute Gasteiger partial charge is 0.402 e. The molecule has 0 radical (unpaired) electrons. The van der Waals surface area contributed by atoms with Gasteiger partial charge in [0, 0.05) is 17.7 Å². The average molecular weight is 539 g/mol. The summed E-state index contributed by atoms with van der Waals surface area (Å²) in [4.78, 5) is 0. The van der Waals surface area contributed by atoms with E-state index in [-0.39, 0.29) is 24.2 Å². The number of hydrogen-bond donors (Lipinski definition) is 1. The van der Waals surface area contributed by atoms with Crippen molar-refractivity contribution in [1.29, 1.82) is 0 Å². The Bertz CT molecular complexity index is 1420. The minimum Gasteiger partial charge on any atom is -0.207 e. The SMILES string of the molecule is O=S1(=O)N[C@]2(CN1CC(F)(F)F)[C@@H]1CC[C@H]2Cc2cc(-c3nnc(-c4ccc(F)cc4)s3)ccc2C1. The summed E-state index contributed by atoms with van der Waals surface area (Å²) in [5.41, 5.74) is 2.89. The van der Waals surface area contributed by atoms with Crippen LogP contribution < -0.4 is 4.72 Å². The minimum atomic E-state index is -4.60. The third-order valence-corrected chi connectivity index (χ3v) is 10.3. The van der Waals surface area contributed by atoms with Gasteiger partial charge in [-0.3, -0.25) is 0 Å². The number of alkyl halides is 3. The van der Waals surface area contributed by atoms with Crippen LogP contribution in [0.2, 0.25) is 0 Å². The highest BCUT2D eigenvalue weighted by Gasteiger charge is 2.60. The quantitative estimate of drug-likeness (QED) is 0.495. The molecule has 0 amide bonds. The second-order valence-corrected chi connectivity index (χ2v) is 12.5. The highest BCUT2D eigenvalue weighted by atomic mass is 32.2. The van der Waals surface area contributed by atoms with E-state index in [1.165, 1.54) is 23.5 Å². The molecular formula is C24H22F4N4O2S2. The van der Waals surface area contributed by atoms with Gasteiger partial charge in [0.1, 0.15) is 22.4 Å². The van der Waals surface area contributed by atoms with Gasteiger partial charge in [-0.05, 0) is 79.0 Å². The van der Waals surface area contributed by atoms with Crippen molar-refractivity contribution >= 4 is 21.5 Å². The zero-order valence-corrected chi connectivity index (χ0v) is 20.6. The molecule has 2 heterocycles. The number of halogens is 4. The number of hydrogen-bond acceptors (Lipinski definition) is 5. The summed E-state index contributed by atoms with van der Waals surface area (Å²) in [6.07, 6.45) is -1.90. The highest BCUT2D eigenvalue weighted by molar-refractivity contribution is 7.87. The minimum absolute atomic E-state index is 0.0748. The standard InChI is InChI=1S/C24H22F4N4O2S2/c25-20-7-3-14(4-8-20)21-29-30-22(35-21)16-2-1-15-10-18-5-6-19(11-17(15)9-16)23(18)12-32(13-24(26,27)28)36(33,34)31-23/h1-4,7-9,18-19,31H,5-6,10-13H2/t18-,19+,23-/m1/s1. The molecule has 1 aliphatic heterocycles. The third-order valence-electron chi connectivity index (χ3n) is 7.68. The van der Waals surface area contributed by atoms with Crippen LogP contribution in [-0.2, 0) is 23.1 Å². The lowest BCUT2D eigenvalue weighted by molar-refractivity contribution is -0.136. The van der Waals surface area contributed by atoms with Crippen molar-refractivity contribution in [2.75, 3.05) is 13.1 Å². The Hall–Kier alpha value is -2.41. The molecule has 6 rings (SSSR count). The van der Waals surface area contributed by atoms with Crippen LogP contribution in [0.4, 0.5) is 17.6 Å². The Morgan fingerprint density at radius 2 is 1.58 bits per heavy atom. The van der Waals surface area contributed by atoms with Gasteiger partial charge in [0.25, 0.3) is 10.2 Å². The molecule has 1 N–H and O–H groups in total. The number of nitrogens with zero attached hydrogens (tertiary/aromatic N) is 3. The number of rotatable bonds is 3. The molecule has 1 aromatic heterocycles. The van der Waals surface area contributed by atoms with Gasteiger partial charge in [-0.25, -0.2) is 4.39 Å². The molecule has 3 atom stereocenters. The van der Waals surface area contributed by atoms with Gasteiger partial charge in [-0.15, -0.1) is 10.2 Å². The van der Waals surface area contributed by atoms with E-state index in [1.54, 1.807) is 12.1 Å². The van der Waals surface area contributed by atoms with Crippen LogP contribution in [-0.4, -0.2) is 47.7 Å². The first-order valence-corrected chi connectivity index (χ1v) is 13.9. The summed E-state index contributed by atoms with van der Waals surface area (Å²) < 4.78 is 81.1. The molecule has 3 aromatic rings. The molecule has 0 unspecified atom stereocenters. The number of fused-ring (bicyclic) bond motifs is 1. The smallest absolute Gasteiger partial charge is 0.207 e. The molecule has 12 heteroatoms. The highest BCUT2D eigenvalue weighted by Crippen LogP contribution is 2.51. The fraction of sp³-hybridized carbons (Fsp3) is 0.417. The molecule has 1 spiro atoms. The van der Waals surface area contributed by atoms with E-state index in [2.05, 4.69) is 14.9 Å². The van der Waals surface area contributed by atoms with Gasteiger partial charge in [0.05, 0.1) is 5.54 Å². The Morgan fingerprint density at radius 3 is 2.25 bits per heavy atom. The number of nitrogens with one attached hydrogen (secondary N) is 1. The maximum atomic E-state index is 13.3. The van der Waals surface area contributed by atoms with Gasteiger partial charge < -0.3 is 0 Å². The van der Waals surface area contributed by atoms with Crippen LogP contribution in [0, 0.1) is 17.7 Å². The molecule has 2 aliphatic carbocycles. The predicted octanol–water partition coefficient (Wildman–Crippen LogP) is 4.59. The van der Waals surface area contributed by atoms with Crippen molar-refractivity contribution in [3.63, 3.8) is 0 Å². The summed E-state index contributed by atoms with van der Waals surface area (Å²) in [7, 11) is -4.21. The summed E-state index contributed by atoms with van der Waals surface area (Å²) in [5.74, 6) is -0.502. The summed E-state index contributed by atoms with van der Waals surface area (Å²) >= 11 is 1.39. The van der Waals surface area contributed by atoms with Gasteiger partial charge in [0.2, 0.25) is 0 Å². The maximum Gasteiger partial charge on any atom is 0.402 e. The topological polar surface area (TPSA) is 75.2 Å². The first-order valence-electron chi connectivity index (χ1n) is 11.6. The van der Waals surface area contributed by atoms with Crippen molar-refractivity contribution in [1.82, 2.24) is 19.2 Å². The van der Waals surface area contributed by atoms with Crippen molar-refractivity contribution in [3.05, 3.63) is 59.4 Å². The van der Waals surface area contributed by atoms with Gasteiger partial charge >= 0.3 is 6.18 Å². The zero-order chi connectivity index (χ0) is 25.3. The molecule has 36 heavy (non-hydrogen) atoms. The van der Waals surface area contributed by atoms with Gasteiger partial charge in [-0.2, -0.15) is 30.6 Å². The summed E-state index contributed by atoms with van der Waals surface area (Å²) in [6.45, 7) is -1.64. The van der Waals surface area contributed by atoms with Crippen molar-refractivity contribution in [2.45, 2.75) is 37.4 Å². The Balaban J connectivity index is 1.29. The van der Waals surface area contributed by atoms with E-state index in [9.17, 15) is 26.0 Å². The number of benzene rings is 2. The van der Waals surface area contributed by atoms with Crippen molar-refractivity contribution in [2.24, 2.45) is 11.8 Å². The Kier molecular flexibility index (Phi) is 5.52. The van der Waals surface area contributed by atoms with E-state index in [1.807, 2.05) is 18.2 Å². The lowest BCUT2D eigenvalue weighted by Crippen LogP contribution is -2.52. The number of aromatic nitrogens is 2. The van der Waals surface area contributed by atoms with Crippen LogP contribution in [0.5, 0.6) is 0 Å². The second kappa shape index (κ2) is 8.30. The molecule has 2 fully saturated rings. The monoisotopic (exact) mass is 538 g/mol. The van der Waals surface area contributed by atoms with E-state index in [0.717, 1.165) is 35.1 Å². The van der Waals surface area contributed by atoms with Crippen molar-refractivity contribution in [3.8, 4) is 21.1 Å². The molecule has 1 saturated heterocycles. The van der Waals surface area contributed by atoms with E-state index in [4.69, 9.17) is 0 Å². The van der Waals surface area contributed by atoms with Crippen LogP contribution in [0.1, 0.15) is 24.0 Å². The molecule has 1 saturated carbocycles. The van der Waals surface area contributed by atoms with Crippen LogP contribution >= 0.6 is 11.3 Å². The lowest BCUT2D eigenvalue weighted by Gasteiger charge is -2.33. The molecule has 6 nitrogen and oxygen atoms in total. The molecule has 3 aliphatic rings. The maximum absolute atomic E-state index is 13.3. The Morgan fingerprint density at radius 1 is 0.972 bits per heavy atom. The van der Waals surface area contributed by atoms with E-state index < -0.39 is 28.5 Å². The van der Waals surface area contributed by atoms with Crippen LogP contribution in [0.25, 0.3) is 21.1 Å². The molecular weight excluding hydrogens is 516 g/mol. The lowest BCUT2D eigenvalue weighted by atomic mass is 9.79. The fourth-order valence-electron chi connectivity index (χ4n) is 6.03. The van der Waals surface area contributed by atoms with Crippen LogP contribution in [0.3, 0.4) is 0 Å².